The molecule has 98 valence electrons. The Morgan fingerprint density at radius 2 is 2.06 bits per heavy atom. The lowest BCUT2D eigenvalue weighted by Crippen LogP contribution is -2.50. The van der Waals surface area contributed by atoms with Crippen LogP contribution >= 0.6 is 0 Å². The van der Waals surface area contributed by atoms with Gasteiger partial charge in [0.05, 0.1) is 6.54 Å². The molecule has 2 fully saturated rings. The first-order chi connectivity index (χ1) is 8.16. The van der Waals surface area contributed by atoms with Crippen molar-refractivity contribution in [3.63, 3.8) is 0 Å². The molecule has 1 amide bonds. The molecule has 2 unspecified atom stereocenters. The Balaban J connectivity index is 1.83. The third kappa shape index (κ3) is 3.42. The summed E-state index contributed by atoms with van der Waals surface area (Å²) >= 11 is 0. The normalized spacial score (nSPS) is 31.5. The van der Waals surface area contributed by atoms with Gasteiger partial charge in [-0.3, -0.25) is 9.69 Å². The number of amides is 1. The summed E-state index contributed by atoms with van der Waals surface area (Å²) in [6.45, 7) is 5.59. The van der Waals surface area contributed by atoms with Crippen LogP contribution in [-0.4, -0.2) is 54.0 Å². The number of carbonyl (C=O) groups excluding carboxylic acids is 1. The summed E-state index contributed by atoms with van der Waals surface area (Å²) < 4.78 is 0. The van der Waals surface area contributed by atoms with Crippen molar-refractivity contribution in [2.24, 2.45) is 5.73 Å². The molecule has 0 aromatic carbocycles. The largest absolute Gasteiger partial charge is 0.339 e. The molecule has 2 aliphatic heterocycles. The lowest BCUT2D eigenvalue weighted by molar-refractivity contribution is -0.135. The monoisotopic (exact) mass is 239 g/mol. The van der Waals surface area contributed by atoms with Gasteiger partial charge in [0.1, 0.15) is 0 Å². The highest BCUT2D eigenvalue weighted by molar-refractivity contribution is 5.78. The van der Waals surface area contributed by atoms with Gasteiger partial charge in [0.15, 0.2) is 0 Å². The SMILES string of the molecule is CC1CCCCN1C(=O)CN1CCCC(N)C1. The average Bonchev–Trinajstić information content (AvgIpc) is 2.29. The van der Waals surface area contributed by atoms with Crippen molar-refractivity contribution < 1.29 is 4.79 Å². The van der Waals surface area contributed by atoms with Crippen LogP contribution in [0.25, 0.3) is 0 Å². The molecule has 2 saturated heterocycles. The standard InChI is InChI=1S/C13H25N3O/c1-11-5-2-3-8-16(11)13(17)10-15-7-4-6-12(14)9-15/h11-12H,2-10,14H2,1H3. The second-order valence-corrected chi connectivity index (χ2v) is 5.57. The molecule has 2 aliphatic rings. The Labute approximate surface area is 104 Å². The molecule has 0 aromatic heterocycles. The van der Waals surface area contributed by atoms with Crippen molar-refractivity contribution in [2.75, 3.05) is 26.2 Å². The number of rotatable bonds is 2. The fourth-order valence-electron chi connectivity index (χ4n) is 2.99. The fourth-order valence-corrected chi connectivity index (χ4v) is 2.99. The van der Waals surface area contributed by atoms with E-state index in [2.05, 4.69) is 16.7 Å². The zero-order chi connectivity index (χ0) is 12.3. The molecule has 2 N–H and O–H groups in total. The topological polar surface area (TPSA) is 49.6 Å². The molecule has 0 radical (unpaired) electrons. The van der Waals surface area contributed by atoms with E-state index in [-0.39, 0.29) is 6.04 Å². The summed E-state index contributed by atoms with van der Waals surface area (Å²) in [7, 11) is 0. The highest BCUT2D eigenvalue weighted by Crippen LogP contribution is 2.17. The lowest BCUT2D eigenvalue weighted by Gasteiger charge is -2.36. The summed E-state index contributed by atoms with van der Waals surface area (Å²) in [5, 5.41) is 0. The predicted octanol–water partition coefficient (Wildman–Crippen LogP) is 0.811. The molecule has 0 bridgehead atoms. The Hall–Kier alpha value is -0.610. The van der Waals surface area contributed by atoms with Crippen molar-refractivity contribution in [2.45, 2.75) is 51.1 Å². The fraction of sp³-hybridized carbons (Fsp3) is 0.923. The number of nitrogens with zero attached hydrogens (tertiary/aromatic N) is 2. The molecule has 4 heteroatoms. The molecule has 0 aromatic rings. The molecule has 0 spiro atoms. The van der Waals surface area contributed by atoms with Gasteiger partial charge in [0.25, 0.3) is 0 Å². The molecule has 17 heavy (non-hydrogen) atoms. The number of hydrogen-bond acceptors (Lipinski definition) is 3. The van der Waals surface area contributed by atoms with E-state index in [1.807, 2.05) is 0 Å². The number of carbonyl (C=O) groups is 1. The van der Waals surface area contributed by atoms with Crippen molar-refractivity contribution >= 4 is 5.91 Å². The molecule has 2 rings (SSSR count). The van der Waals surface area contributed by atoms with E-state index < -0.39 is 0 Å². The van der Waals surface area contributed by atoms with Crippen LogP contribution < -0.4 is 5.73 Å². The second kappa shape index (κ2) is 5.83. The van der Waals surface area contributed by atoms with Gasteiger partial charge in [-0.05, 0) is 45.6 Å². The molecule has 0 saturated carbocycles. The highest BCUT2D eigenvalue weighted by atomic mass is 16.2. The quantitative estimate of drug-likeness (QED) is 0.776. The predicted molar refractivity (Wildman–Crippen MR) is 68.7 cm³/mol. The molecule has 0 aliphatic carbocycles. The maximum Gasteiger partial charge on any atom is 0.236 e. The molecule has 4 nitrogen and oxygen atoms in total. The first-order valence-electron chi connectivity index (χ1n) is 6.94. The van der Waals surface area contributed by atoms with Crippen LogP contribution in [0.5, 0.6) is 0 Å². The van der Waals surface area contributed by atoms with E-state index in [4.69, 9.17) is 5.73 Å². The Morgan fingerprint density at radius 3 is 2.76 bits per heavy atom. The zero-order valence-corrected chi connectivity index (χ0v) is 10.9. The van der Waals surface area contributed by atoms with Gasteiger partial charge in [-0.25, -0.2) is 0 Å². The van der Waals surface area contributed by atoms with Crippen LogP contribution in [0.4, 0.5) is 0 Å². The minimum absolute atomic E-state index is 0.260. The second-order valence-electron chi connectivity index (χ2n) is 5.57. The van der Waals surface area contributed by atoms with Gasteiger partial charge in [0, 0.05) is 25.2 Å². The van der Waals surface area contributed by atoms with Crippen LogP contribution in [0.3, 0.4) is 0 Å². The van der Waals surface area contributed by atoms with Gasteiger partial charge in [-0.15, -0.1) is 0 Å². The van der Waals surface area contributed by atoms with Crippen molar-refractivity contribution in [3.05, 3.63) is 0 Å². The van der Waals surface area contributed by atoms with Crippen LogP contribution in [-0.2, 0) is 4.79 Å². The molecular weight excluding hydrogens is 214 g/mol. The van der Waals surface area contributed by atoms with Crippen molar-refractivity contribution in [1.82, 2.24) is 9.80 Å². The molecule has 2 heterocycles. The number of piperidine rings is 2. The third-order valence-electron chi connectivity index (χ3n) is 4.02. The minimum atomic E-state index is 0.260. The number of nitrogens with two attached hydrogens (primary N) is 1. The first kappa shape index (κ1) is 12.8. The van der Waals surface area contributed by atoms with Gasteiger partial charge in [0.2, 0.25) is 5.91 Å². The summed E-state index contributed by atoms with van der Waals surface area (Å²) in [4.78, 5) is 16.5. The molecular formula is C13H25N3O. The van der Waals surface area contributed by atoms with Crippen LogP contribution in [0.15, 0.2) is 0 Å². The lowest BCUT2D eigenvalue weighted by atomic mass is 10.0. The number of likely N-dealkylation sites (tertiary alicyclic amines) is 2. The minimum Gasteiger partial charge on any atom is -0.339 e. The van der Waals surface area contributed by atoms with Gasteiger partial charge in [-0.2, -0.15) is 0 Å². The summed E-state index contributed by atoms with van der Waals surface area (Å²) in [5.41, 5.74) is 5.94. The first-order valence-corrected chi connectivity index (χ1v) is 6.94. The van der Waals surface area contributed by atoms with Gasteiger partial charge >= 0.3 is 0 Å². The van der Waals surface area contributed by atoms with E-state index in [0.29, 0.717) is 18.5 Å². The Bertz CT molecular complexity index is 269. The van der Waals surface area contributed by atoms with Gasteiger partial charge < -0.3 is 10.6 Å². The van der Waals surface area contributed by atoms with Crippen LogP contribution in [0, 0.1) is 0 Å². The summed E-state index contributed by atoms with van der Waals surface area (Å²) in [5.74, 6) is 0.298. The van der Waals surface area contributed by atoms with Crippen molar-refractivity contribution in [3.8, 4) is 0 Å². The van der Waals surface area contributed by atoms with E-state index in [0.717, 1.165) is 45.3 Å². The van der Waals surface area contributed by atoms with E-state index in [1.54, 1.807) is 0 Å². The zero-order valence-electron chi connectivity index (χ0n) is 10.9. The van der Waals surface area contributed by atoms with E-state index in [1.165, 1.54) is 6.42 Å². The molecule has 2 atom stereocenters. The van der Waals surface area contributed by atoms with Gasteiger partial charge in [-0.1, -0.05) is 0 Å². The highest BCUT2D eigenvalue weighted by Gasteiger charge is 2.26. The Morgan fingerprint density at radius 1 is 1.24 bits per heavy atom. The summed E-state index contributed by atoms with van der Waals surface area (Å²) in [6.07, 6.45) is 5.81. The smallest absolute Gasteiger partial charge is 0.236 e. The third-order valence-corrected chi connectivity index (χ3v) is 4.02. The van der Waals surface area contributed by atoms with E-state index >= 15 is 0 Å². The summed E-state index contributed by atoms with van der Waals surface area (Å²) in [6, 6.07) is 0.685. The van der Waals surface area contributed by atoms with E-state index in [9.17, 15) is 4.79 Å². The van der Waals surface area contributed by atoms with Crippen LogP contribution in [0.2, 0.25) is 0 Å². The maximum absolute atomic E-state index is 12.2. The van der Waals surface area contributed by atoms with Crippen molar-refractivity contribution in [1.29, 1.82) is 0 Å². The average molecular weight is 239 g/mol. The number of hydrogen-bond donors (Lipinski definition) is 1. The van der Waals surface area contributed by atoms with Crippen LogP contribution in [0.1, 0.15) is 39.0 Å². The maximum atomic E-state index is 12.2. The Kier molecular flexibility index (Phi) is 4.40.